The number of amides is 5. The Labute approximate surface area is 589 Å². The van der Waals surface area contributed by atoms with Crippen LogP contribution < -0.4 is 26.6 Å². The second-order valence-corrected chi connectivity index (χ2v) is 26.1. The minimum Gasteiger partial charge on any atom is -0.394 e. The van der Waals surface area contributed by atoms with Gasteiger partial charge < -0.3 is 205 Å². The predicted octanol–water partition coefficient (Wildman–Crippen LogP) is -17.7. The Morgan fingerprint density at radius 2 is 0.510 bits per heavy atom. The monoisotopic (exact) mass is 1520 g/mol. The Morgan fingerprint density at radius 1 is 0.250 bits per heavy atom. The molecule has 5 amide bonds. The number of rotatable bonds is 27. The van der Waals surface area contributed by atoms with Crippen molar-refractivity contribution in [3.63, 3.8) is 0 Å². The fraction of sp³-hybridized carbons (Fsp3) is 0.914. The van der Waals surface area contributed by atoms with E-state index in [1.54, 1.807) is 0 Å². The normalized spacial score (nSPS) is 47.2. The van der Waals surface area contributed by atoms with Crippen molar-refractivity contribution in [3.05, 3.63) is 0 Å². The smallest absolute Gasteiger partial charge is 0.217 e. The van der Waals surface area contributed by atoms with Crippen molar-refractivity contribution < 1.29 is 202 Å². The van der Waals surface area contributed by atoms with Gasteiger partial charge >= 0.3 is 0 Å². The number of hydrogen-bond acceptors (Lipinski definition) is 41. The molecular weight excluding hydrogens is 1420 g/mol. The molecule has 46 heteroatoms. The minimum absolute atomic E-state index is 0.788. The van der Waals surface area contributed by atoms with Gasteiger partial charge in [0.2, 0.25) is 29.5 Å². The van der Waals surface area contributed by atoms with Gasteiger partial charge in [-0.1, -0.05) is 0 Å². The van der Waals surface area contributed by atoms with E-state index >= 15 is 0 Å². The summed E-state index contributed by atoms with van der Waals surface area (Å²) in [5, 5.41) is 246. The first-order chi connectivity index (χ1) is 49.2. The zero-order valence-corrected chi connectivity index (χ0v) is 56.3. The lowest BCUT2D eigenvalue weighted by Gasteiger charge is -2.52. The third-order valence-electron chi connectivity index (χ3n) is 18.7. The highest BCUT2D eigenvalue weighted by atomic mass is 16.8. The molecule has 0 aromatic carbocycles. The number of carbonyl (C=O) groups excluding carboxylic acids is 5. The topological polar surface area (TPSA) is 709 Å². The molecule has 104 heavy (non-hydrogen) atoms. The van der Waals surface area contributed by atoms with E-state index in [0.29, 0.717) is 0 Å². The molecule has 0 saturated carbocycles. The molecule has 8 fully saturated rings. The first kappa shape index (κ1) is 85.5. The van der Waals surface area contributed by atoms with Crippen LogP contribution in [0.3, 0.4) is 0 Å². The Balaban J connectivity index is 1.27. The molecule has 0 unspecified atom stereocenters. The molecule has 8 heterocycles. The van der Waals surface area contributed by atoms with Crippen molar-refractivity contribution in [2.45, 2.75) is 280 Å². The third-order valence-corrected chi connectivity index (χ3v) is 18.7. The van der Waals surface area contributed by atoms with E-state index in [9.17, 15) is 131 Å². The molecule has 46 nitrogen and oxygen atoms in total. The highest BCUT2D eigenvalue weighted by Crippen LogP contribution is 2.40. The average Bonchev–Trinajstić information content (AvgIpc) is 0.778. The zero-order valence-electron chi connectivity index (χ0n) is 56.3. The Bertz CT molecular complexity index is 2770. The van der Waals surface area contributed by atoms with Crippen LogP contribution in [0, 0.1) is 0 Å². The molecule has 8 aliphatic rings. The van der Waals surface area contributed by atoms with Crippen molar-refractivity contribution >= 4 is 29.5 Å². The predicted molar refractivity (Wildman–Crippen MR) is 322 cm³/mol. The van der Waals surface area contributed by atoms with E-state index < -0.39 is 328 Å². The van der Waals surface area contributed by atoms with Gasteiger partial charge in [0.15, 0.2) is 50.3 Å². The summed E-state index contributed by atoms with van der Waals surface area (Å²) in [7, 11) is 0. The lowest BCUT2D eigenvalue weighted by atomic mass is 9.93. The van der Waals surface area contributed by atoms with Gasteiger partial charge in [-0.05, 0) is 0 Å². The second-order valence-electron chi connectivity index (χ2n) is 26.1. The maximum absolute atomic E-state index is 13.1. The van der Waals surface area contributed by atoms with Crippen molar-refractivity contribution in [2.24, 2.45) is 0 Å². The van der Waals surface area contributed by atoms with Gasteiger partial charge in [0.05, 0.1) is 52.9 Å². The average molecular weight is 1520 g/mol. The molecule has 40 atom stereocenters. The van der Waals surface area contributed by atoms with Crippen LogP contribution in [0.1, 0.15) is 34.6 Å². The summed E-state index contributed by atoms with van der Waals surface area (Å²) in [5.41, 5.74) is 0. The summed E-state index contributed by atoms with van der Waals surface area (Å²) in [6, 6.07) is -9.14. The van der Waals surface area contributed by atoms with E-state index in [1.165, 1.54) is 0 Å². The molecule has 0 aromatic heterocycles. The van der Waals surface area contributed by atoms with Crippen LogP contribution in [-0.4, -0.2) is 435 Å². The maximum atomic E-state index is 13.1. The molecule has 0 radical (unpaired) electrons. The van der Waals surface area contributed by atoms with Crippen molar-refractivity contribution in [1.29, 1.82) is 0 Å². The summed E-state index contributed by atoms with van der Waals surface area (Å²) in [6.07, 6.45) is -73.7. The van der Waals surface area contributed by atoms with Gasteiger partial charge in [0.25, 0.3) is 0 Å². The van der Waals surface area contributed by atoms with E-state index in [2.05, 4.69) is 26.6 Å². The molecule has 8 rings (SSSR count). The minimum atomic E-state index is -2.65. The number of nitrogens with one attached hydrogen (secondary N) is 5. The van der Waals surface area contributed by atoms with Gasteiger partial charge in [-0.2, -0.15) is 0 Å². The quantitative estimate of drug-likeness (QED) is 0.0363. The van der Waals surface area contributed by atoms with Crippen LogP contribution in [0.25, 0.3) is 0 Å². The van der Waals surface area contributed by atoms with E-state index in [4.69, 9.17) is 71.1 Å². The number of ether oxygens (including phenoxy) is 15. The van der Waals surface area contributed by atoms with Gasteiger partial charge in [0, 0.05) is 34.6 Å². The molecular formula is C58H97N5O41. The molecule has 26 N–H and O–H groups in total. The summed E-state index contributed by atoms with van der Waals surface area (Å²) in [5.74, 6) is -4.43. The Hall–Kier alpha value is -4.09. The Kier molecular flexibility index (Phi) is 30.9. The van der Waals surface area contributed by atoms with E-state index in [-0.39, 0.29) is 0 Å². The fourth-order valence-electron chi connectivity index (χ4n) is 13.4. The number of aliphatic hydroxyl groups is 21. The molecule has 0 aliphatic carbocycles. The second kappa shape index (κ2) is 37.5. The van der Waals surface area contributed by atoms with Gasteiger partial charge in [-0.15, -0.1) is 0 Å². The summed E-state index contributed by atoms with van der Waals surface area (Å²) in [6.45, 7) is -4.05. The molecule has 0 bridgehead atoms. The third kappa shape index (κ3) is 19.2. The van der Waals surface area contributed by atoms with Crippen LogP contribution in [0.4, 0.5) is 0 Å². The SMILES string of the molecule is CC(=O)N[C@@H]1[C@@H](O)[C@H](O[C@@H]2O[C@H](CO)[C@@H](O[C@@H]3O[C@H](CO[C@H]4O[C@H](CO)[C@@H](O)[C@H](O)[C@@H]4O[C@H]4O[C@H](CO)[C@@H](O)[C@H](O)[C@H]4NC(C)=O)[C@@H](O[C@@H]4O[C@H](CO)[C@@H](O)[C@H](O)[C@H]4NC(C)=O)[C@H](O[C@H]4O[C@H](CO)[C@@H](O)[C@H](O)[C@@H]4O[C@@H]4O[C@H](CO)[C@@H](O)[C@H](O)[C@H]4NC(C)=O)[C@@H]3O)[C@H](O)[C@H]2NC(C)=O)[C@@H](CO)O[C@H]1O. The van der Waals surface area contributed by atoms with Crippen molar-refractivity contribution in [3.8, 4) is 0 Å². The van der Waals surface area contributed by atoms with Crippen LogP contribution >= 0.6 is 0 Å². The molecule has 8 saturated heterocycles. The summed E-state index contributed by atoms with van der Waals surface area (Å²) < 4.78 is 91.3. The van der Waals surface area contributed by atoms with Gasteiger partial charge in [-0.3, -0.25) is 24.0 Å². The fourth-order valence-corrected chi connectivity index (χ4v) is 13.4. The maximum Gasteiger partial charge on any atom is 0.217 e. The first-order valence-electron chi connectivity index (χ1n) is 33.1. The van der Waals surface area contributed by atoms with Crippen LogP contribution in [0.2, 0.25) is 0 Å². The zero-order chi connectivity index (χ0) is 76.8. The largest absolute Gasteiger partial charge is 0.394 e. The number of carbonyl (C=O) groups is 5. The molecule has 0 spiro atoms. The van der Waals surface area contributed by atoms with Crippen LogP contribution in [0.5, 0.6) is 0 Å². The Morgan fingerprint density at radius 3 is 0.885 bits per heavy atom. The number of aliphatic hydroxyl groups excluding tert-OH is 21. The van der Waals surface area contributed by atoms with Crippen LogP contribution in [-0.2, 0) is 95.0 Å². The van der Waals surface area contributed by atoms with E-state index in [0.717, 1.165) is 34.6 Å². The molecule has 8 aliphatic heterocycles. The van der Waals surface area contributed by atoms with E-state index in [1.807, 2.05) is 0 Å². The van der Waals surface area contributed by atoms with Gasteiger partial charge in [-0.25, -0.2) is 0 Å². The molecule has 600 valence electrons. The first-order valence-corrected chi connectivity index (χ1v) is 33.1. The lowest BCUT2D eigenvalue weighted by molar-refractivity contribution is -0.407. The number of hydrogen-bond donors (Lipinski definition) is 26. The highest BCUT2D eigenvalue weighted by molar-refractivity contribution is 5.75. The molecule has 0 aromatic rings. The van der Waals surface area contributed by atoms with Gasteiger partial charge in [0.1, 0.15) is 195 Å². The standard InChI is InChI=1S/C58H97N5O41/c1-14(71)59-27-40(84)45(24(11-69)91-51(27)89)99-55-31(63-18(5)75)41(85)46(25(12-70)97-55)100-56-44(88)48(102-58-50(43(87)36(80)23(10-68)96-58)104-54-30(62-17(4)74)39(83)34(78)21(8-66)94-54)47(101-52-28(60-15(2)72)37(81)32(76)19(6-64)92-52)26(98-56)13-90-57-49(42(86)35(79)22(9-67)95-57)103-53-29(61-16(3)73)38(82)33(77)20(7-65)93-53/h19-58,64-70,76-89H,6-13H2,1-5H3,(H,59,71)(H,60,72)(H,61,73)(H,62,74)(H,63,75)/t19-,20-,21-,22-,23-,24-,25-,26-,27-,28-,29-,30-,31-,32-,33-,34-,35-,36-,37-,38-,39-,40-,41-,42+,43+,44+,45-,46-,47-,48-,49+,50+,51-,52+,53-,54+,55+,56+,57+,58-/m1/s1. The lowest BCUT2D eigenvalue weighted by Crippen LogP contribution is -2.71. The summed E-state index contributed by atoms with van der Waals surface area (Å²) in [4.78, 5) is 63.3. The van der Waals surface area contributed by atoms with Crippen molar-refractivity contribution in [2.75, 3.05) is 52.9 Å². The highest BCUT2D eigenvalue weighted by Gasteiger charge is 2.61. The van der Waals surface area contributed by atoms with Crippen LogP contribution in [0.15, 0.2) is 0 Å². The summed E-state index contributed by atoms with van der Waals surface area (Å²) >= 11 is 0. The van der Waals surface area contributed by atoms with Crippen molar-refractivity contribution in [1.82, 2.24) is 26.6 Å².